The van der Waals surface area contributed by atoms with Gasteiger partial charge in [-0.2, -0.15) is 0 Å². The van der Waals surface area contributed by atoms with E-state index < -0.39 is 6.09 Å². The molecule has 6 heteroatoms. The largest absolute Gasteiger partial charge is 0.419 e. The number of nitrogens with one attached hydrogen (secondary N) is 1. The molecule has 0 aliphatic heterocycles. The van der Waals surface area contributed by atoms with Crippen molar-refractivity contribution >= 4 is 34.7 Å². The van der Waals surface area contributed by atoms with E-state index in [1.54, 1.807) is 24.0 Å². The maximum Gasteiger partial charge on any atom is 0.419 e. The van der Waals surface area contributed by atoms with E-state index in [1.165, 1.54) is 0 Å². The lowest BCUT2D eigenvalue weighted by molar-refractivity contribution is 0.135. The second kappa shape index (κ2) is 11.4. The van der Waals surface area contributed by atoms with E-state index in [-0.39, 0.29) is 0 Å². The number of carbonyl (C=O) groups excluding carboxylic acids is 1. The van der Waals surface area contributed by atoms with Gasteiger partial charge >= 0.3 is 6.09 Å². The van der Waals surface area contributed by atoms with E-state index in [0.29, 0.717) is 30.5 Å². The Labute approximate surface area is 172 Å². The normalized spacial score (nSPS) is 10.4. The van der Waals surface area contributed by atoms with E-state index in [2.05, 4.69) is 12.2 Å². The van der Waals surface area contributed by atoms with Gasteiger partial charge in [-0.15, -0.1) is 0 Å². The average Bonchev–Trinajstić information content (AvgIpc) is 2.65. The van der Waals surface area contributed by atoms with Gasteiger partial charge in [0.25, 0.3) is 0 Å². The minimum Gasteiger partial charge on any atom is -0.410 e. The van der Waals surface area contributed by atoms with Gasteiger partial charge in [-0.1, -0.05) is 49.3 Å². The molecule has 0 aliphatic carbocycles. The van der Waals surface area contributed by atoms with Gasteiger partial charge in [-0.3, -0.25) is 4.90 Å². The molecule has 1 N–H and O–H groups in total. The number of hydrogen-bond acceptors (Lipinski definition) is 4. The Balaban J connectivity index is 2.09. The quantitative estimate of drug-likeness (QED) is 0.440. The van der Waals surface area contributed by atoms with E-state index in [9.17, 15) is 4.79 Å². The Morgan fingerprint density at radius 2 is 1.89 bits per heavy atom. The number of anilines is 2. The zero-order chi connectivity index (χ0) is 20.4. The molecule has 0 radical (unpaired) electrons. The number of rotatable bonds is 9. The topological polar surface area (TPSA) is 50.8 Å². The summed E-state index contributed by atoms with van der Waals surface area (Å²) < 4.78 is 11.2. The lowest BCUT2D eigenvalue weighted by Crippen LogP contribution is -2.36. The van der Waals surface area contributed by atoms with Crippen LogP contribution in [0.5, 0.6) is 5.75 Å². The van der Waals surface area contributed by atoms with Gasteiger partial charge in [-0.05, 0) is 44.5 Å². The fourth-order valence-corrected chi connectivity index (χ4v) is 2.67. The summed E-state index contributed by atoms with van der Waals surface area (Å²) in [6, 6.07) is 14.9. The summed E-state index contributed by atoms with van der Waals surface area (Å²) in [5, 5.41) is 3.05. The predicted octanol–water partition coefficient (Wildman–Crippen LogP) is 5.58. The van der Waals surface area contributed by atoms with Crippen LogP contribution in [0.15, 0.2) is 48.5 Å². The molecule has 2 aromatic carbocycles. The third-order valence-electron chi connectivity index (χ3n) is 4.03. The average molecular weight is 401 g/mol. The predicted molar refractivity (Wildman–Crippen MR) is 119 cm³/mol. The van der Waals surface area contributed by atoms with Gasteiger partial charge in [0, 0.05) is 24.0 Å². The van der Waals surface area contributed by atoms with E-state index in [1.807, 2.05) is 43.3 Å². The van der Waals surface area contributed by atoms with Crippen molar-refractivity contribution in [2.45, 2.75) is 33.6 Å². The first-order chi connectivity index (χ1) is 13.5. The Morgan fingerprint density at radius 1 is 1.14 bits per heavy atom. The number of benzene rings is 2. The first-order valence-electron chi connectivity index (χ1n) is 9.51. The molecule has 2 aromatic rings. The molecule has 2 rings (SSSR count). The SMILES string of the molecule is CCCCOCCN(C(=O)Oc1cccc(NC(C)=S)c1)c1ccc(C)cc1. The first-order valence-corrected chi connectivity index (χ1v) is 9.92. The van der Waals surface area contributed by atoms with E-state index in [4.69, 9.17) is 21.7 Å². The summed E-state index contributed by atoms with van der Waals surface area (Å²) >= 11 is 5.06. The van der Waals surface area contributed by atoms with Crippen molar-refractivity contribution in [1.82, 2.24) is 0 Å². The molecule has 0 spiro atoms. The molecule has 0 heterocycles. The number of carbonyl (C=O) groups is 1. The molecule has 150 valence electrons. The van der Waals surface area contributed by atoms with Crippen LogP contribution in [0.1, 0.15) is 32.3 Å². The summed E-state index contributed by atoms with van der Waals surface area (Å²) in [7, 11) is 0. The van der Waals surface area contributed by atoms with Gasteiger partial charge in [-0.25, -0.2) is 4.79 Å². The molecular weight excluding hydrogens is 372 g/mol. The standard InChI is InChI=1S/C22H28N2O3S/c1-4-5-14-26-15-13-24(20-11-9-17(2)10-12-20)22(25)27-21-8-6-7-19(16-21)23-18(3)28/h6-12,16H,4-5,13-15H2,1-3H3,(H,23,28). The molecule has 0 saturated carbocycles. The number of hydrogen-bond donors (Lipinski definition) is 1. The van der Waals surface area contributed by atoms with Crippen molar-refractivity contribution in [2.24, 2.45) is 0 Å². The number of ether oxygens (including phenoxy) is 2. The summed E-state index contributed by atoms with van der Waals surface area (Å²) in [4.78, 5) is 15.1. The van der Waals surface area contributed by atoms with Crippen molar-refractivity contribution in [2.75, 3.05) is 30.0 Å². The highest BCUT2D eigenvalue weighted by molar-refractivity contribution is 7.80. The molecule has 1 amide bonds. The van der Waals surface area contributed by atoms with Crippen LogP contribution in [-0.2, 0) is 4.74 Å². The molecule has 0 fully saturated rings. The van der Waals surface area contributed by atoms with Crippen molar-refractivity contribution in [1.29, 1.82) is 0 Å². The number of unbranched alkanes of at least 4 members (excludes halogenated alkanes) is 1. The van der Waals surface area contributed by atoms with Crippen LogP contribution >= 0.6 is 12.2 Å². The summed E-state index contributed by atoms with van der Waals surface area (Å²) in [6.07, 6.45) is 1.64. The van der Waals surface area contributed by atoms with Crippen LogP contribution in [0.4, 0.5) is 16.2 Å². The van der Waals surface area contributed by atoms with Crippen LogP contribution in [0.2, 0.25) is 0 Å². The Hall–Kier alpha value is -2.44. The zero-order valence-corrected chi connectivity index (χ0v) is 17.6. The van der Waals surface area contributed by atoms with Gasteiger partial charge in [0.1, 0.15) is 5.75 Å². The third-order valence-corrected chi connectivity index (χ3v) is 4.13. The smallest absolute Gasteiger partial charge is 0.410 e. The fraction of sp³-hybridized carbons (Fsp3) is 0.364. The van der Waals surface area contributed by atoms with Crippen LogP contribution in [0, 0.1) is 6.92 Å². The van der Waals surface area contributed by atoms with Crippen LogP contribution in [0.25, 0.3) is 0 Å². The number of amides is 1. The molecule has 5 nitrogen and oxygen atoms in total. The van der Waals surface area contributed by atoms with E-state index in [0.717, 1.165) is 29.8 Å². The fourth-order valence-electron chi connectivity index (χ4n) is 2.55. The van der Waals surface area contributed by atoms with Crippen LogP contribution < -0.4 is 15.0 Å². The van der Waals surface area contributed by atoms with Gasteiger partial charge in [0.2, 0.25) is 0 Å². The highest BCUT2D eigenvalue weighted by atomic mass is 32.1. The Bertz CT molecular complexity index is 778. The Kier molecular flexibility index (Phi) is 8.91. The number of aryl methyl sites for hydroxylation is 1. The van der Waals surface area contributed by atoms with Crippen molar-refractivity contribution in [3.63, 3.8) is 0 Å². The highest BCUT2D eigenvalue weighted by Crippen LogP contribution is 2.21. The monoisotopic (exact) mass is 400 g/mol. The van der Waals surface area contributed by atoms with Crippen LogP contribution in [-0.4, -0.2) is 30.8 Å². The van der Waals surface area contributed by atoms with E-state index >= 15 is 0 Å². The number of thiocarbonyl (C=S) groups is 1. The maximum atomic E-state index is 12.9. The minimum absolute atomic E-state index is 0.419. The highest BCUT2D eigenvalue weighted by Gasteiger charge is 2.18. The second-order valence-electron chi connectivity index (χ2n) is 6.53. The summed E-state index contributed by atoms with van der Waals surface area (Å²) in [5.74, 6) is 0.454. The first kappa shape index (κ1) is 21.9. The Morgan fingerprint density at radius 3 is 2.57 bits per heavy atom. The third kappa shape index (κ3) is 7.29. The second-order valence-corrected chi connectivity index (χ2v) is 7.14. The van der Waals surface area contributed by atoms with Crippen LogP contribution in [0.3, 0.4) is 0 Å². The van der Waals surface area contributed by atoms with Crippen molar-refractivity contribution in [3.05, 3.63) is 54.1 Å². The maximum absolute atomic E-state index is 12.9. The molecule has 0 unspecified atom stereocenters. The zero-order valence-electron chi connectivity index (χ0n) is 16.7. The lowest BCUT2D eigenvalue weighted by Gasteiger charge is -2.22. The van der Waals surface area contributed by atoms with Crippen molar-refractivity contribution in [3.8, 4) is 5.75 Å². The summed E-state index contributed by atoms with van der Waals surface area (Å²) in [6.45, 7) is 7.49. The van der Waals surface area contributed by atoms with Gasteiger partial charge in [0.15, 0.2) is 0 Å². The number of nitrogens with zero attached hydrogens (tertiary/aromatic N) is 1. The minimum atomic E-state index is -0.445. The molecule has 0 aliphatic rings. The lowest BCUT2D eigenvalue weighted by atomic mass is 10.2. The molecule has 0 atom stereocenters. The van der Waals surface area contributed by atoms with Gasteiger partial charge in [0.05, 0.1) is 18.1 Å². The molecule has 0 bridgehead atoms. The molecule has 0 aromatic heterocycles. The molecular formula is C22H28N2O3S. The van der Waals surface area contributed by atoms with Gasteiger partial charge < -0.3 is 14.8 Å². The summed E-state index contributed by atoms with van der Waals surface area (Å²) in [5.41, 5.74) is 2.69. The molecule has 0 saturated heterocycles. The van der Waals surface area contributed by atoms with Crippen molar-refractivity contribution < 1.29 is 14.3 Å². The molecule has 28 heavy (non-hydrogen) atoms.